The van der Waals surface area contributed by atoms with Crippen molar-refractivity contribution >= 4 is 17.6 Å². The predicted molar refractivity (Wildman–Crippen MR) is 89.8 cm³/mol. The first kappa shape index (κ1) is 16.6. The summed E-state index contributed by atoms with van der Waals surface area (Å²) in [5, 5.41) is 9.93. The number of amides is 1. The number of hydrogen-bond acceptors (Lipinski definition) is 5. The Kier molecular flexibility index (Phi) is 4.92. The largest absolute Gasteiger partial charge is 0.506 e. The Balaban J connectivity index is 1.51. The van der Waals surface area contributed by atoms with Crippen molar-refractivity contribution in [3.63, 3.8) is 0 Å². The minimum Gasteiger partial charge on any atom is -0.506 e. The van der Waals surface area contributed by atoms with Crippen LogP contribution >= 0.6 is 0 Å². The van der Waals surface area contributed by atoms with Gasteiger partial charge in [0.2, 0.25) is 0 Å². The summed E-state index contributed by atoms with van der Waals surface area (Å²) >= 11 is 0. The molecule has 1 aliphatic heterocycles. The van der Waals surface area contributed by atoms with Gasteiger partial charge in [-0.05, 0) is 31.9 Å². The zero-order chi connectivity index (χ0) is 17.1. The second kappa shape index (κ2) is 7.11. The zero-order valence-corrected chi connectivity index (χ0v) is 14.0. The fourth-order valence-electron chi connectivity index (χ4n) is 3.12. The molecule has 0 bridgehead atoms. The van der Waals surface area contributed by atoms with Crippen LogP contribution in [0.3, 0.4) is 0 Å². The molecule has 1 N–H and O–H groups in total. The molecule has 2 aliphatic rings. The summed E-state index contributed by atoms with van der Waals surface area (Å²) in [7, 11) is 0. The minimum atomic E-state index is -0.727. The second-order valence-corrected chi connectivity index (χ2v) is 6.51. The van der Waals surface area contributed by atoms with Crippen molar-refractivity contribution in [2.45, 2.75) is 32.3 Å². The van der Waals surface area contributed by atoms with E-state index < -0.39 is 6.10 Å². The second-order valence-electron chi connectivity index (χ2n) is 6.51. The van der Waals surface area contributed by atoms with Crippen molar-refractivity contribution in [1.82, 2.24) is 4.90 Å². The molecule has 1 amide bonds. The quantitative estimate of drug-likeness (QED) is 0.851. The first-order valence-electron chi connectivity index (χ1n) is 8.58. The van der Waals surface area contributed by atoms with Crippen molar-refractivity contribution in [2.75, 3.05) is 31.1 Å². The number of phenols is 1. The van der Waals surface area contributed by atoms with E-state index in [1.54, 1.807) is 24.0 Å². The number of benzene rings is 1. The molecule has 1 aromatic carbocycles. The first-order chi connectivity index (χ1) is 11.6. The van der Waals surface area contributed by atoms with Gasteiger partial charge in [-0.1, -0.05) is 18.6 Å². The summed E-state index contributed by atoms with van der Waals surface area (Å²) in [5.41, 5.74) is 0.786. The maximum atomic E-state index is 12.5. The van der Waals surface area contributed by atoms with E-state index in [4.69, 9.17) is 4.74 Å². The number of nitrogens with zero attached hydrogens (tertiary/aromatic N) is 2. The number of carbonyl (C=O) groups is 2. The Morgan fingerprint density at radius 3 is 2.42 bits per heavy atom. The van der Waals surface area contributed by atoms with E-state index in [0.717, 1.165) is 24.9 Å². The van der Waals surface area contributed by atoms with Gasteiger partial charge in [-0.3, -0.25) is 9.59 Å². The van der Waals surface area contributed by atoms with Crippen LogP contribution in [0.15, 0.2) is 24.3 Å². The highest BCUT2D eigenvalue weighted by molar-refractivity contribution is 5.84. The molecule has 1 saturated heterocycles. The topological polar surface area (TPSA) is 70.1 Å². The number of anilines is 1. The van der Waals surface area contributed by atoms with Crippen molar-refractivity contribution < 1.29 is 19.4 Å². The Morgan fingerprint density at radius 2 is 1.83 bits per heavy atom. The van der Waals surface area contributed by atoms with Crippen LogP contribution in [-0.2, 0) is 14.3 Å². The van der Waals surface area contributed by atoms with Crippen molar-refractivity contribution in [2.24, 2.45) is 5.92 Å². The van der Waals surface area contributed by atoms with Gasteiger partial charge in [0.1, 0.15) is 5.75 Å². The van der Waals surface area contributed by atoms with Gasteiger partial charge in [0.25, 0.3) is 5.91 Å². The van der Waals surface area contributed by atoms with Crippen LogP contribution in [0.5, 0.6) is 5.75 Å². The molecule has 3 rings (SSSR count). The van der Waals surface area contributed by atoms with E-state index in [0.29, 0.717) is 26.2 Å². The molecular formula is C18H24N2O4. The maximum absolute atomic E-state index is 12.5. The van der Waals surface area contributed by atoms with Gasteiger partial charge in [0.05, 0.1) is 11.6 Å². The Labute approximate surface area is 142 Å². The number of phenolic OH excluding ortho intramolecular Hbond substituents is 1. The van der Waals surface area contributed by atoms with E-state index in [1.165, 1.54) is 0 Å². The lowest BCUT2D eigenvalue weighted by Crippen LogP contribution is -2.52. The molecule has 1 aliphatic carbocycles. The molecule has 6 nitrogen and oxygen atoms in total. The number of esters is 1. The van der Waals surface area contributed by atoms with Gasteiger partial charge in [-0.25, -0.2) is 0 Å². The van der Waals surface area contributed by atoms with Crippen LogP contribution in [0.4, 0.5) is 5.69 Å². The monoisotopic (exact) mass is 332 g/mol. The number of ether oxygens (including phenoxy) is 1. The lowest BCUT2D eigenvalue weighted by Gasteiger charge is -2.37. The van der Waals surface area contributed by atoms with Crippen LogP contribution in [0.1, 0.15) is 26.2 Å². The van der Waals surface area contributed by atoms with Crippen molar-refractivity contribution in [1.29, 1.82) is 0 Å². The SMILES string of the molecule is C[C@H](OC(=O)C1CCC1)C(=O)N1CCN(c2ccccc2O)CC1. The number of piperazine rings is 1. The number of para-hydroxylation sites is 2. The van der Waals surface area contributed by atoms with Crippen LogP contribution in [0.2, 0.25) is 0 Å². The third kappa shape index (κ3) is 3.47. The number of carbonyl (C=O) groups excluding carboxylic acids is 2. The smallest absolute Gasteiger partial charge is 0.309 e. The van der Waals surface area contributed by atoms with Gasteiger partial charge in [-0.15, -0.1) is 0 Å². The molecule has 1 atom stereocenters. The summed E-state index contributed by atoms with van der Waals surface area (Å²) in [4.78, 5) is 28.1. The van der Waals surface area contributed by atoms with Crippen LogP contribution < -0.4 is 4.90 Å². The summed E-state index contributed by atoms with van der Waals surface area (Å²) in [6, 6.07) is 7.20. The number of rotatable bonds is 4. The highest BCUT2D eigenvalue weighted by Crippen LogP contribution is 2.29. The van der Waals surface area contributed by atoms with Crippen LogP contribution in [-0.4, -0.2) is 54.2 Å². The van der Waals surface area contributed by atoms with E-state index in [1.807, 2.05) is 12.1 Å². The molecule has 2 fully saturated rings. The predicted octanol–water partition coefficient (Wildman–Crippen LogP) is 1.77. The van der Waals surface area contributed by atoms with Crippen LogP contribution in [0.25, 0.3) is 0 Å². The highest BCUT2D eigenvalue weighted by Gasteiger charge is 2.32. The molecule has 1 heterocycles. The molecule has 24 heavy (non-hydrogen) atoms. The van der Waals surface area contributed by atoms with E-state index in [2.05, 4.69) is 4.90 Å². The molecule has 0 aromatic heterocycles. The summed E-state index contributed by atoms with van der Waals surface area (Å²) in [6.45, 7) is 4.05. The van der Waals surface area contributed by atoms with Crippen LogP contribution in [0, 0.1) is 5.92 Å². The number of hydrogen-bond donors (Lipinski definition) is 1. The average Bonchev–Trinajstić information content (AvgIpc) is 2.53. The normalized spacial score (nSPS) is 19.5. The molecule has 0 unspecified atom stereocenters. The molecular weight excluding hydrogens is 308 g/mol. The molecule has 6 heteroatoms. The van der Waals surface area contributed by atoms with Crippen molar-refractivity contribution in [3.05, 3.63) is 24.3 Å². The van der Waals surface area contributed by atoms with Gasteiger partial charge in [0.15, 0.2) is 6.10 Å². The van der Waals surface area contributed by atoms with Crippen molar-refractivity contribution in [3.8, 4) is 5.75 Å². The number of aromatic hydroxyl groups is 1. The fourth-order valence-corrected chi connectivity index (χ4v) is 3.12. The maximum Gasteiger partial charge on any atom is 0.309 e. The Morgan fingerprint density at radius 1 is 1.17 bits per heavy atom. The Hall–Kier alpha value is -2.24. The highest BCUT2D eigenvalue weighted by atomic mass is 16.5. The summed E-state index contributed by atoms with van der Waals surface area (Å²) in [6.07, 6.45) is 2.09. The third-order valence-corrected chi connectivity index (χ3v) is 4.89. The lowest BCUT2D eigenvalue weighted by atomic mass is 9.86. The Bertz CT molecular complexity index is 607. The van der Waals surface area contributed by atoms with E-state index in [-0.39, 0.29) is 23.5 Å². The molecule has 0 spiro atoms. The van der Waals surface area contributed by atoms with E-state index >= 15 is 0 Å². The van der Waals surface area contributed by atoms with Gasteiger partial charge >= 0.3 is 5.97 Å². The van der Waals surface area contributed by atoms with Gasteiger partial charge in [0, 0.05) is 26.2 Å². The molecule has 130 valence electrons. The first-order valence-corrected chi connectivity index (χ1v) is 8.58. The fraction of sp³-hybridized carbons (Fsp3) is 0.556. The third-order valence-electron chi connectivity index (χ3n) is 4.89. The minimum absolute atomic E-state index is 0.0156. The lowest BCUT2D eigenvalue weighted by molar-refractivity contribution is -0.164. The standard InChI is InChI=1S/C18H24N2O4/c1-13(24-18(23)14-5-4-6-14)17(22)20-11-9-19(10-12-20)15-7-2-3-8-16(15)21/h2-3,7-8,13-14,21H,4-6,9-12H2,1H3/t13-/m0/s1. The summed E-state index contributed by atoms with van der Waals surface area (Å²) < 4.78 is 5.32. The van der Waals surface area contributed by atoms with Gasteiger partial charge < -0.3 is 19.6 Å². The summed E-state index contributed by atoms with van der Waals surface area (Å²) in [5.74, 6) is -0.146. The molecule has 1 aromatic rings. The van der Waals surface area contributed by atoms with E-state index in [9.17, 15) is 14.7 Å². The molecule has 1 saturated carbocycles. The zero-order valence-electron chi connectivity index (χ0n) is 14.0. The van der Waals surface area contributed by atoms with Gasteiger partial charge in [-0.2, -0.15) is 0 Å². The average molecular weight is 332 g/mol. The molecule has 0 radical (unpaired) electrons.